The van der Waals surface area contributed by atoms with Crippen LogP contribution in [0.25, 0.3) is 0 Å². The molecule has 0 radical (unpaired) electrons. The molecule has 2 rings (SSSR count). The summed E-state index contributed by atoms with van der Waals surface area (Å²) in [6.07, 6.45) is -0.0858. The summed E-state index contributed by atoms with van der Waals surface area (Å²) in [7, 11) is 0. The van der Waals surface area contributed by atoms with E-state index in [4.69, 9.17) is 9.84 Å². The maximum absolute atomic E-state index is 13.6. The van der Waals surface area contributed by atoms with E-state index >= 15 is 0 Å². The van der Waals surface area contributed by atoms with Gasteiger partial charge in [0.1, 0.15) is 0 Å². The third kappa shape index (κ3) is 4.37. The number of hydrogen-bond acceptors (Lipinski definition) is 4. The molecule has 1 fully saturated rings. The molecular weight excluding hydrogens is 309 g/mol. The molecule has 0 saturated carbocycles. The first-order chi connectivity index (χ1) is 10.5. The molecule has 1 unspecified atom stereocenters. The van der Waals surface area contributed by atoms with E-state index < -0.39 is 11.8 Å². The number of carbonyl (C=O) groups excluding carboxylic acids is 1. The minimum atomic E-state index is -0.934. The fourth-order valence-electron chi connectivity index (χ4n) is 2.30. The van der Waals surface area contributed by atoms with Gasteiger partial charge in [-0.1, -0.05) is 6.07 Å². The Balaban J connectivity index is 1.97. The van der Waals surface area contributed by atoms with Gasteiger partial charge in [-0.2, -0.15) is 11.8 Å². The largest absolute Gasteiger partial charge is 0.481 e. The molecule has 0 aliphatic carbocycles. The molecular formula is C15H18FNO4S. The predicted molar refractivity (Wildman–Crippen MR) is 81.7 cm³/mol. The Morgan fingerprint density at radius 1 is 1.50 bits per heavy atom. The van der Waals surface area contributed by atoms with Crippen LogP contribution in [-0.2, 0) is 9.59 Å². The molecule has 120 valence electrons. The second-order valence-electron chi connectivity index (χ2n) is 5.14. The fourth-order valence-corrected chi connectivity index (χ4v) is 3.36. The van der Waals surface area contributed by atoms with Gasteiger partial charge in [-0.05, 0) is 24.6 Å². The number of ether oxygens (including phenoxy) is 1. The molecule has 1 heterocycles. The summed E-state index contributed by atoms with van der Waals surface area (Å²) in [4.78, 5) is 24.6. The van der Waals surface area contributed by atoms with Gasteiger partial charge in [0.25, 0.3) is 5.91 Å². The van der Waals surface area contributed by atoms with Gasteiger partial charge in [-0.15, -0.1) is 0 Å². The number of hydrogen-bond donors (Lipinski definition) is 1. The van der Waals surface area contributed by atoms with E-state index in [1.54, 1.807) is 24.8 Å². The van der Waals surface area contributed by atoms with Crippen molar-refractivity contribution in [2.75, 3.05) is 24.7 Å². The molecule has 7 heteroatoms. The lowest BCUT2D eigenvalue weighted by Gasteiger charge is -2.34. The summed E-state index contributed by atoms with van der Waals surface area (Å²) < 4.78 is 18.8. The zero-order valence-electron chi connectivity index (χ0n) is 12.3. The highest BCUT2D eigenvalue weighted by atomic mass is 32.2. The summed E-state index contributed by atoms with van der Waals surface area (Å²) in [6, 6.07) is 4.10. The molecule has 1 aliphatic rings. The number of nitrogens with zero attached hydrogens (tertiary/aromatic N) is 1. The number of carbonyl (C=O) groups is 2. The summed E-state index contributed by atoms with van der Waals surface area (Å²) in [6.45, 7) is 2.00. The smallest absolute Gasteiger partial charge is 0.305 e. The molecule has 1 saturated heterocycles. The number of aryl methyl sites for hydroxylation is 1. The maximum atomic E-state index is 13.6. The molecule has 22 heavy (non-hydrogen) atoms. The first-order valence-electron chi connectivity index (χ1n) is 6.95. The Morgan fingerprint density at radius 2 is 2.27 bits per heavy atom. The van der Waals surface area contributed by atoms with Crippen molar-refractivity contribution in [2.45, 2.75) is 19.4 Å². The third-order valence-corrected chi connectivity index (χ3v) is 4.49. The molecule has 1 atom stereocenters. The van der Waals surface area contributed by atoms with Crippen LogP contribution < -0.4 is 4.74 Å². The highest BCUT2D eigenvalue weighted by Crippen LogP contribution is 2.21. The quantitative estimate of drug-likeness (QED) is 0.895. The van der Waals surface area contributed by atoms with Crippen LogP contribution in [-0.4, -0.2) is 52.6 Å². The van der Waals surface area contributed by atoms with Crippen LogP contribution in [0, 0.1) is 12.7 Å². The Hall–Kier alpha value is -1.76. The summed E-state index contributed by atoms with van der Waals surface area (Å²) in [5.74, 6) is -0.370. The lowest BCUT2D eigenvalue weighted by Crippen LogP contribution is -2.48. The van der Waals surface area contributed by atoms with Crippen molar-refractivity contribution in [3.05, 3.63) is 29.6 Å². The van der Waals surface area contributed by atoms with E-state index in [0.717, 1.165) is 11.3 Å². The highest BCUT2D eigenvalue weighted by Gasteiger charge is 2.29. The van der Waals surface area contributed by atoms with Crippen LogP contribution >= 0.6 is 11.8 Å². The summed E-state index contributed by atoms with van der Waals surface area (Å²) in [5, 5.41) is 8.91. The van der Waals surface area contributed by atoms with Crippen molar-refractivity contribution >= 4 is 23.6 Å². The van der Waals surface area contributed by atoms with Crippen LogP contribution in [0.5, 0.6) is 5.75 Å². The zero-order valence-corrected chi connectivity index (χ0v) is 13.1. The number of carboxylic acid groups (broad SMARTS) is 1. The van der Waals surface area contributed by atoms with Gasteiger partial charge < -0.3 is 14.7 Å². The van der Waals surface area contributed by atoms with Crippen LogP contribution in [0.1, 0.15) is 12.0 Å². The number of halogens is 1. The second-order valence-corrected chi connectivity index (χ2v) is 6.29. The summed E-state index contributed by atoms with van der Waals surface area (Å²) in [5.41, 5.74) is 0.835. The number of amides is 1. The second kappa shape index (κ2) is 7.49. The van der Waals surface area contributed by atoms with Gasteiger partial charge in [0, 0.05) is 18.1 Å². The van der Waals surface area contributed by atoms with Crippen molar-refractivity contribution in [2.24, 2.45) is 0 Å². The van der Waals surface area contributed by atoms with Gasteiger partial charge in [-0.3, -0.25) is 9.59 Å². The molecule has 0 spiro atoms. The topological polar surface area (TPSA) is 66.8 Å². The van der Waals surface area contributed by atoms with E-state index in [2.05, 4.69) is 0 Å². The van der Waals surface area contributed by atoms with E-state index in [-0.39, 0.29) is 30.7 Å². The molecule has 1 aromatic carbocycles. The highest BCUT2D eigenvalue weighted by molar-refractivity contribution is 7.99. The van der Waals surface area contributed by atoms with Crippen LogP contribution in [0.2, 0.25) is 0 Å². The molecule has 1 aliphatic heterocycles. The monoisotopic (exact) mass is 327 g/mol. The number of rotatable bonds is 5. The lowest BCUT2D eigenvalue weighted by molar-refractivity contribution is -0.141. The van der Waals surface area contributed by atoms with Crippen LogP contribution in [0.4, 0.5) is 4.39 Å². The van der Waals surface area contributed by atoms with Crippen molar-refractivity contribution in [1.82, 2.24) is 4.90 Å². The number of aliphatic carboxylic acids is 1. The Morgan fingerprint density at radius 3 is 3.00 bits per heavy atom. The van der Waals surface area contributed by atoms with E-state index in [9.17, 15) is 14.0 Å². The SMILES string of the molecule is Cc1ccc(F)c(OCC(=O)N2CCSCC2CC(=O)O)c1. The Kier molecular flexibility index (Phi) is 5.65. The van der Waals surface area contributed by atoms with Gasteiger partial charge in [-0.25, -0.2) is 4.39 Å². The average molecular weight is 327 g/mol. The maximum Gasteiger partial charge on any atom is 0.305 e. The van der Waals surface area contributed by atoms with E-state index in [0.29, 0.717) is 12.3 Å². The molecule has 0 bridgehead atoms. The molecule has 1 aromatic rings. The van der Waals surface area contributed by atoms with Crippen molar-refractivity contribution in [3.8, 4) is 5.75 Å². The predicted octanol–water partition coefficient (Wildman–Crippen LogP) is 1.93. The number of thioether (sulfide) groups is 1. The number of benzene rings is 1. The minimum Gasteiger partial charge on any atom is -0.481 e. The molecule has 1 amide bonds. The normalized spacial score (nSPS) is 18.1. The van der Waals surface area contributed by atoms with Crippen molar-refractivity contribution < 1.29 is 23.8 Å². The van der Waals surface area contributed by atoms with Gasteiger partial charge in [0.15, 0.2) is 18.2 Å². The number of carboxylic acids is 1. The lowest BCUT2D eigenvalue weighted by atomic mass is 10.2. The first kappa shape index (κ1) is 16.6. The van der Waals surface area contributed by atoms with Crippen molar-refractivity contribution in [3.63, 3.8) is 0 Å². The standard InChI is InChI=1S/C15H18FNO4S/c1-10-2-3-12(16)13(6-10)21-8-14(18)17-4-5-22-9-11(17)7-15(19)20/h2-3,6,11H,4-5,7-9H2,1H3,(H,19,20). The van der Waals surface area contributed by atoms with Gasteiger partial charge in [0.05, 0.1) is 12.5 Å². The molecule has 1 N–H and O–H groups in total. The average Bonchev–Trinajstić information content (AvgIpc) is 2.48. The first-order valence-corrected chi connectivity index (χ1v) is 8.11. The Bertz CT molecular complexity index is 566. The zero-order chi connectivity index (χ0) is 16.1. The third-order valence-electron chi connectivity index (χ3n) is 3.40. The molecule has 0 aromatic heterocycles. The van der Waals surface area contributed by atoms with Crippen molar-refractivity contribution in [1.29, 1.82) is 0 Å². The van der Waals surface area contributed by atoms with Gasteiger partial charge in [0.2, 0.25) is 0 Å². The van der Waals surface area contributed by atoms with Crippen LogP contribution in [0.3, 0.4) is 0 Å². The fraction of sp³-hybridized carbons (Fsp3) is 0.467. The Labute approximate surface area is 132 Å². The summed E-state index contributed by atoms with van der Waals surface area (Å²) >= 11 is 1.63. The molecule has 5 nitrogen and oxygen atoms in total. The van der Waals surface area contributed by atoms with Gasteiger partial charge >= 0.3 is 5.97 Å². The van der Waals surface area contributed by atoms with Crippen LogP contribution in [0.15, 0.2) is 18.2 Å². The minimum absolute atomic E-state index is 0.0366. The van der Waals surface area contributed by atoms with E-state index in [1.807, 2.05) is 0 Å². The van der Waals surface area contributed by atoms with E-state index in [1.165, 1.54) is 17.0 Å².